The van der Waals surface area contributed by atoms with Gasteiger partial charge in [0.1, 0.15) is 5.38 Å². The lowest BCUT2D eigenvalue weighted by molar-refractivity contribution is -0.135. The minimum absolute atomic E-state index is 0.0775. The lowest BCUT2D eigenvalue weighted by Gasteiger charge is -2.30. The van der Waals surface area contributed by atoms with Crippen molar-refractivity contribution in [2.45, 2.75) is 32.1 Å². The van der Waals surface area contributed by atoms with Crippen LogP contribution in [0.5, 0.6) is 0 Å². The zero-order valence-electron chi connectivity index (χ0n) is 9.54. The summed E-state index contributed by atoms with van der Waals surface area (Å²) in [4.78, 5) is 13.8. The van der Waals surface area contributed by atoms with Crippen molar-refractivity contribution in [3.8, 4) is 0 Å². The van der Waals surface area contributed by atoms with Crippen molar-refractivity contribution in [2.75, 3.05) is 26.3 Å². The molecule has 1 saturated heterocycles. The third-order valence-electron chi connectivity index (χ3n) is 3.02. The molecule has 1 amide bonds. The topological polar surface area (TPSA) is 29.5 Å². The van der Waals surface area contributed by atoms with E-state index in [1.54, 1.807) is 0 Å². The molecule has 0 saturated carbocycles. The van der Waals surface area contributed by atoms with E-state index in [-0.39, 0.29) is 11.3 Å². The molecule has 0 aromatic carbocycles. The minimum Gasteiger partial charge on any atom is -0.378 e. The average Bonchev–Trinajstić information content (AvgIpc) is 2.30. The van der Waals surface area contributed by atoms with E-state index in [0.29, 0.717) is 32.2 Å². The first-order chi connectivity index (χ1) is 7.20. The van der Waals surface area contributed by atoms with Crippen molar-refractivity contribution in [1.29, 1.82) is 0 Å². The SMILES string of the molecule is CCC(CC)C(Cl)C(=O)N1CCOCC1. The van der Waals surface area contributed by atoms with Crippen LogP contribution in [0.1, 0.15) is 26.7 Å². The van der Waals surface area contributed by atoms with E-state index in [1.807, 2.05) is 4.90 Å². The van der Waals surface area contributed by atoms with Crippen molar-refractivity contribution in [3.63, 3.8) is 0 Å². The van der Waals surface area contributed by atoms with Gasteiger partial charge in [-0.3, -0.25) is 4.79 Å². The van der Waals surface area contributed by atoms with E-state index >= 15 is 0 Å². The quantitative estimate of drug-likeness (QED) is 0.694. The molecule has 0 aromatic heterocycles. The number of hydrogen-bond acceptors (Lipinski definition) is 2. The molecular weight excluding hydrogens is 214 g/mol. The predicted molar refractivity (Wildman–Crippen MR) is 61.1 cm³/mol. The Bertz CT molecular complexity index is 201. The second-order valence-electron chi connectivity index (χ2n) is 3.92. The maximum atomic E-state index is 12.0. The van der Waals surface area contributed by atoms with Crippen molar-refractivity contribution < 1.29 is 9.53 Å². The second kappa shape index (κ2) is 6.33. The molecule has 1 rings (SSSR count). The molecule has 4 heteroatoms. The Balaban J connectivity index is 2.49. The first-order valence-electron chi connectivity index (χ1n) is 5.71. The number of hydrogen-bond donors (Lipinski definition) is 0. The third-order valence-corrected chi connectivity index (χ3v) is 3.56. The summed E-state index contributed by atoms with van der Waals surface area (Å²) in [5.41, 5.74) is 0. The summed E-state index contributed by atoms with van der Waals surface area (Å²) in [6, 6.07) is 0. The van der Waals surface area contributed by atoms with Gasteiger partial charge in [-0.2, -0.15) is 0 Å². The van der Waals surface area contributed by atoms with Crippen LogP contribution in [0.3, 0.4) is 0 Å². The molecule has 1 aliphatic heterocycles. The fraction of sp³-hybridized carbons (Fsp3) is 0.909. The Labute approximate surface area is 96.7 Å². The number of carbonyl (C=O) groups excluding carboxylic acids is 1. The van der Waals surface area contributed by atoms with Crippen LogP contribution in [0.15, 0.2) is 0 Å². The van der Waals surface area contributed by atoms with Gasteiger partial charge in [-0.1, -0.05) is 26.7 Å². The Morgan fingerprint density at radius 2 is 1.87 bits per heavy atom. The monoisotopic (exact) mass is 233 g/mol. The summed E-state index contributed by atoms with van der Waals surface area (Å²) in [6.07, 6.45) is 1.92. The van der Waals surface area contributed by atoms with Crippen LogP contribution in [0.2, 0.25) is 0 Å². The first kappa shape index (κ1) is 12.8. The highest BCUT2D eigenvalue weighted by Gasteiger charge is 2.28. The lowest BCUT2D eigenvalue weighted by Crippen LogP contribution is -2.45. The van der Waals surface area contributed by atoms with Crippen molar-refractivity contribution >= 4 is 17.5 Å². The van der Waals surface area contributed by atoms with Crippen LogP contribution in [0.4, 0.5) is 0 Å². The minimum atomic E-state index is -0.363. The van der Waals surface area contributed by atoms with Crippen LogP contribution in [0.25, 0.3) is 0 Å². The highest BCUT2D eigenvalue weighted by Crippen LogP contribution is 2.21. The van der Waals surface area contributed by atoms with Crippen molar-refractivity contribution in [1.82, 2.24) is 4.90 Å². The molecule has 15 heavy (non-hydrogen) atoms. The largest absolute Gasteiger partial charge is 0.378 e. The van der Waals surface area contributed by atoms with E-state index < -0.39 is 0 Å². The molecule has 0 bridgehead atoms. The number of alkyl halides is 1. The maximum Gasteiger partial charge on any atom is 0.241 e. The highest BCUT2D eigenvalue weighted by atomic mass is 35.5. The summed E-state index contributed by atoms with van der Waals surface area (Å²) in [5.74, 6) is 0.371. The van der Waals surface area contributed by atoms with Crippen molar-refractivity contribution in [3.05, 3.63) is 0 Å². The molecule has 1 aliphatic rings. The molecule has 0 spiro atoms. The number of halogens is 1. The molecule has 0 aromatic rings. The predicted octanol–water partition coefficient (Wildman–Crippen LogP) is 1.89. The lowest BCUT2D eigenvalue weighted by atomic mass is 9.98. The van der Waals surface area contributed by atoms with Crippen LogP contribution in [0, 0.1) is 5.92 Å². The molecule has 0 N–H and O–H groups in total. The molecule has 1 fully saturated rings. The van der Waals surface area contributed by atoms with E-state index in [2.05, 4.69) is 13.8 Å². The Hall–Kier alpha value is -0.280. The van der Waals surface area contributed by atoms with Gasteiger partial charge in [-0.15, -0.1) is 11.6 Å². The molecule has 88 valence electrons. The number of carbonyl (C=O) groups is 1. The van der Waals surface area contributed by atoms with Gasteiger partial charge in [0.15, 0.2) is 0 Å². The fourth-order valence-electron chi connectivity index (χ4n) is 1.86. The smallest absolute Gasteiger partial charge is 0.241 e. The summed E-state index contributed by atoms with van der Waals surface area (Å²) in [5, 5.41) is -0.363. The van der Waals surface area contributed by atoms with Crippen molar-refractivity contribution in [2.24, 2.45) is 5.92 Å². The van der Waals surface area contributed by atoms with Crippen LogP contribution < -0.4 is 0 Å². The molecule has 0 radical (unpaired) electrons. The molecular formula is C11H20ClNO2. The third kappa shape index (κ3) is 3.35. The van der Waals surface area contributed by atoms with E-state index in [0.717, 1.165) is 12.8 Å². The van der Waals surface area contributed by atoms with E-state index in [4.69, 9.17) is 16.3 Å². The zero-order valence-corrected chi connectivity index (χ0v) is 10.3. The molecule has 1 heterocycles. The molecule has 0 aliphatic carbocycles. The number of ether oxygens (including phenoxy) is 1. The summed E-state index contributed by atoms with van der Waals surface area (Å²) >= 11 is 6.20. The van der Waals surface area contributed by atoms with Gasteiger partial charge in [-0.25, -0.2) is 0 Å². The van der Waals surface area contributed by atoms with Gasteiger partial charge in [0, 0.05) is 13.1 Å². The first-order valence-corrected chi connectivity index (χ1v) is 6.14. The molecule has 1 unspecified atom stereocenters. The standard InChI is InChI=1S/C11H20ClNO2/c1-3-9(4-2)10(12)11(14)13-5-7-15-8-6-13/h9-10H,3-8H2,1-2H3. The summed E-state index contributed by atoms with van der Waals surface area (Å²) < 4.78 is 5.21. The number of morpholine rings is 1. The number of nitrogens with zero attached hydrogens (tertiary/aromatic N) is 1. The summed E-state index contributed by atoms with van der Waals surface area (Å²) in [6.45, 7) is 6.80. The zero-order chi connectivity index (χ0) is 11.3. The average molecular weight is 234 g/mol. The number of amides is 1. The van der Waals surface area contributed by atoms with Crippen LogP contribution in [-0.4, -0.2) is 42.5 Å². The fourth-order valence-corrected chi connectivity index (χ4v) is 2.36. The number of rotatable bonds is 4. The van der Waals surface area contributed by atoms with Gasteiger partial charge in [0.2, 0.25) is 5.91 Å². The summed E-state index contributed by atoms with van der Waals surface area (Å²) in [7, 11) is 0. The Kier molecular flexibility index (Phi) is 5.40. The van der Waals surface area contributed by atoms with Gasteiger partial charge in [0.25, 0.3) is 0 Å². The Morgan fingerprint density at radius 1 is 1.33 bits per heavy atom. The molecule has 1 atom stereocenters. The van der Waals surface area contributed by atoms with Gasteiger partial charge in [-0.05, 0) is 5.92 Å². The highest BCUT2D eigenvalue weighted by molar-refractivity contribution is 6.30. The molecule has 3 nitrogen and oxygen atoms in total. The second-order valence-corrected chi connectivity index (χ2v) is 4.39. The van der Waals surface area contributed by atoms with Gasteiger partial charge in [0.05, 0.1) is 13.2 Å². The van der Waals surface area contributed by atoms with Crippen LogP contribution >= 0.6 is 11.6 Å². The van der Waals surface area contributed by atoms with Gasteiger partial charge < -0.3 is 9.64 Å². The van der Waals surface area contributed by atoms with Gasteiger partial charge >= 0.3 is 0 Å². The van der Waals surface area contributed by atoms with E-state index in [9.17, 15) is 4.79 Å². The normalized spacial score (nSPS) is 19.3. The maximum absolute atomic E-state index is 12.0. The Morgan fingerprint density at radius 3 is 2.33 bits per heavy atom. The van der Waals surface area contributed by atoms with E-state index in [1.165, 1.54) is 0 Å². The van der Waals surface area contributed by atoms with Crippen LogP contribution in [-0.2, 0) is 9.53 Å².